The third kappa shape index (κ3) is 10.9. The number of nitrogens with zero attached hydrogens (tertiary/aromatic N) is 2. The zero-order valence-corrected chi connectivity index (χ0v) is 31.7. The number of amides is 2. The summed E-state index contributed by atoms with van der Waals surface area (Å²) in [6.07, 6.45) is 2.56. The number of methoxy groups -OCH3 is 2. The van der Waals surface area contributed by atoms with Crippen molar-refractivity contribution in [2.24, 2.45) is 11.8 Å². The molecule has 280 valence electrons. The number of likely N-dealkylation sites (tertiary alicyclic amines) is 1. The van der Waals surface area contributed by atoms with Crippen LogP contribution in [0.3, 0.4) is 0 Å². The number of carbonyl (C=O) groups is 5. The molecule has 4 rings (SSSR count). The number of carboxylic acids is 1. The van der Waals surface area contributed by atoms with Crippen LogP contribution in [-0.2, 0) is 41.8 Å². The zero-order chi connectivity index (χ0) is 37.6. The number of rotatable bonds is 20. The number of benzene rings is 2. The van der Waals surface area contributed by atoms with Gasteiger partial charge in [0.25, 0.3) is 0 Å². The second-order valence-corrected chi connectivity index (χ2v) is 13.7. The van der Waals surface area contributed by atoms with Crippen molar-refractivity contribution in [3.8, 4) is 11.5 Å². The first-order valence-electron chi connectivity index (χ1n) is 16.6. The number of Topliss-reactive ketones (excluding diaryl/α,β-unsaturated/α-hetero) is 1. The Morgan fingerprint density at radius 3 is 1.96 bits per heavy atom. The van der Waals surface area contributed by atoms with Crippen molar-refractivity contribution in [2.45, 2.75) is 63.3 Å². The third-order valence-corrected chi connectivity index (χ3v) is 9.85. The lowest BCUT2D eigenvalue weighted by atomic mass is 9.76. The van der Waals surface area contributed by atoms with Crippen LogP contribution in [-0.4, -0.2) is 100 Å². The molecular formula is C36H44Cl4N2O9. The van der Waals surface area contributed by atoms with E-state index in [1.807, 2.05) is 24.3 Å². The Morgan fingerprint density at radius 2 is 1.47 bits per heavy atom. The summed E-state index contributed by atoms with van der Waals surface area (Å²) in [4.78, 5) is 64.3. The lowest BCUT2D eigenvalue weighted by Crippen LogP contribution is -2.65. The first-order valence-corrected chi connectivity index (χ1v) is 18.7. The van der Waals surface area contributed by atoms with Crippen LogP contribution in [0.25, 0.3) is 0 Å². The van der Waals surface area contributed by atoms with Crippen molar-refractivity contribution in [3.05, 3.63) is 59.7 Å². The van der Waals surface area contributed by atoms with E-state index in [4.69, 9.17) is 65.7 Å². The maximum absolute atomic E-state index is 13.0. The van der Waals surface area contributed by atoms with Gasteiger partial charge in [0.05, 0.1) is 26.1 Å². The fourth-order valence-corrected chi connectivity index (χ4v) is 7.11. The number of carbonyl (C=O) groups excluding carboxylic acids is 4. The predicted molar refractivity (Wildman–Crippen MR) is 195 cm³/mol. The number of aliphatic carboxylic acids is 1. The van der Waals surface area contributed by atoms with Gasteiger partial charge in [-0.05, 0) is 67.5 Å². The highest BCUT2D eigenvalue weighted by molar-refractivity contribution is 6.19. The SMILES string of the molecule is COc1ccc(CN(CC(=O)O)C(=O)C(CCCl)C(=O)CCCCl)cc1.COc1ccc(CN2C(=O)[C@H](CCCl)[C@]3(CCCCl)OC(=O)C23)cc1. The van der Waals surface area contributed by atoms with E-state index in [9.17, 15) is 24.0 Å². The second kappa shape index (κ2) is 20.7. The number of hydrogen-bond acceptors (Lipinski definition) is 8. The summed E-state index contributed by atoms with van der Waals surface area (Å²) in [5.41, 5.74) is 0.898. The Morgan fingerprint density at radius 1 is 0.882 bits per heavy atom. The van der Waals surface area contributed by atoms with Crippen LogP contribution >= 0.6 is 46.4 Å². The van der Waals surface area contributed by atoms with Crippen LogP contribution in [0.1, 0.15) is 49.7 Å². The highest BCUT2D eigenvalue weighted by Gasteiger charge is 2.70. The molecular weight excluding hydrogens is 746 g/mol. The molecule has 0 aliphatic carbocycles. The van der Waals surface area contributed by atoms with Crippen LogP contribution in [0, 0.1) is 11.8 Å². The molecule has 0 bridgehead atoms. The number of hydrogen-bond donors (Lipinski definition) is 1. The Kier molecular flexibility index (Phi) is 17.1. The van der Waals surface area contributed by atoms with Crippen molar-refractivity contribution < 1.29 is 43.3 Å². The summed E-state index contributed by atoms with van der Waals surface area (Å²) in [7, 11) is 3.14. The van der Waals surface area contributed by atoms with E-state index in [1.165, 1.54) is 4.90 Å². The van der Waals surface area contributed by atoms with Crippen LogP contribution in [0.15, 0.2) is 48.5 Å². The van der Waals surface area contributed by atoms with Gasteiger partial charge in [0.15, 0.2) is 11.6 Å². The summed E-state index contributed by atoms with van der Waals surface area (Å²) in [5.74, 6) is -1.03. The van der Waals surface area contributed by atoms with E-state index in [2.05, 4.69) is 0 Å². The Balaban J connectivity index is 0.000000275. The third-order valence-electron chi connectivity index (χ3n) is 8.88. The van der Waals surface area contributed by atoms with Crippen molar-refractivity contribution in [2.75, 3.05) is 44.3 Å². The minimum Gasteiger partial charge on any atom is -0.497 e. The second-order valence-electron chi connectivity index (χ2n) is 12.1. The largest absolute Gasteiger partial charge is 0.497 e. The zero-order valence-electron chi connectivity index (χ0n) is 28.7. The molecule has 11 nitrogen and oxygen atoms in total. The average Bonchev–Trinajstić information content (AvgIpc) is 3.30. The van der Waals surface area contributed by atoms with Crippen LogP contribution in [0.4, 0.5) is 0 Å². The fourth-order valence-electron chi connectivity index (χ4n) is 6.40. The van der Waals surface area contributed by atoms with Gasteiger partial charge < -0.3 is 29.1 Å². The summed E-state index contributed by atoms with van der Waals surface area (Å²) in [5, 5.41) is 9.14. The van der Waals surface area contributed by atoms with E-state index in [-0.39, 0.29) is 42.9 Å². The van der Waals surface area contributed by atoms with E-state index >= 15 is 0 Å². The maximum atomic E-state index is 13.0. The molecule has 2 saturated heterocycles. The highest BCUT2D eigenvalue weighted by Crippen LogP contribution is 2.50. The van der Waals surface area contributed by atoms with Gasteiger partial charge in [0.2, 0.25) is 11.8 Å². The minimum atomic E-state index is -1.15. The molecule has 2 heterocycles. The average molecular weight is 791 g/mol. The predicted octanol–water partition coefficient (Wildman–Crippen LogP) is 5.91. The van der Waals surface area contributed by atoms with E-state index in [0.29, 0.717) is 55.6 Å². The number of esters is 1. The smallest absolute Gasteiger partial charge is 0.333 e. The molecule has 51 heavy (non-hydrogen) atoms. The van der Waals surface area contributed by atoms with Crippen molar-refractivity contribution in [1.82, 2.24) is 9.80 Å². The Hall–Kier alpha value is -3.25. The topological polar surface area (TPSA) is 140 Å². The van der Waals surface area contributed by atoms with Gasteiger partial charge in [-0.3, -0.25) is 19.2 Å². The lowest BCUT2D eigenvalue weighted by Gasteiger charge is -2.46. The van der Waals surface area contributed by atoms with Crippen LogP contribution in [0.5, 0.6) is 11.5 Å². The molecule has 2 aliphatic heterocycles. The number of carboxylic acid groups (broad SMARTS) is 1. The van der Waals surface area contributed by atoms with Gasteiger partial charge in [-0.2, -0.15) is 0 Å². The molecule has 2 aliphatic rings. The fraction of sp³-hybridized carbons (Fsp3) is 0.528. The minimum absolute atomic E-state index is 0.0677. The van der Waals surface area contributed by atoms with Crippen LogP contribution < -0.4 is 9.47 Å². The molecule has 1 N–H and O–H groups in total. The van der Waals surface area contributed by atoms with Gasteiger partial charge in [-0.15, -0.1) is 46.4 Å². The molecule has 2 aromatic carbocycles. The van der Waals surface area contributed by atoms with Gasteiger partial charge in [0.1, 0.15) is 23.8 Å². The highest BCUT2D eigenvalue weighted by atomic mass is 35.5. The molecule has 2 fully saturated rings. The number of fused-ring (bicyclic) bond motifs is 1. The monoisotopic (exact) mass is 788 g/mol. The quantitative estimate of drug-likeness (QED) is 0.0986. The van der Waals surface area contributed by atoms with Crippen molar-refractivity contribution >= 4 is 75.9 Å². The van der Waals surface area contributed by atoms with E-state index in [1.54, 1.807) is 43.4 Å². The molecule has 0 radical (unpaired) electrons. The Bertz CT molecular complexity index is 1480. The molecule has 2 aromatic rings. The molecule has 4 atom stereocenters. The summed E-state index contributed by atoms with van der Waals surface area (Å²) in [6.45, 7) is -0.0485. The standard InChI is InChI=1S/C18H23Cl2NO5.C18H21Cl2NO4/c1-26-14-6-4-13(5-7-14)11-21(12-17(23)24)18(25)15(8-10-20)16(22)3-2-9-19;1-24-13-5-3-12(4-6-13)11-21-15-17(23)25-18(15,8-2-9-19)14(7-10-20)16(21)22/h4-7,15H,2-3,8-12H2,1H3,(H,23,24);3-6,14-15H,2,7-11H2,1H3/t;14-,15?,18-/m.0/s1. The summed E-state index contributed by atoms with van der Waals surface area (Å²) >= 11 is 23.1. The lowest BCUT2D eigenvalue weighted by molar-refractivity contribution is -0.212. The number of halogens is 4. The molecule has 0 saturated carbocycles. The van der Waals surface area contributed by atoms with E-state index in [0.717, 1.165) is 16.9 Å². The first kappa shape index (κ1) is 42.2. The number of ketones is 1. The molecule has 2 unspecified atom stereocenters. The van der Waals surface area contributed by atoms with Crippen LogP contribution in [0.2, 0.25) is 0 Å². The van der Waals surface area contributed by atoms with Gasteiger partial charge in [0, 0.05) is 43.0 Å². The molecule has 15 heteroatoms. The van der Waals surface area contributed by atoms with Gasteiger partial charge >= 0.3 is 11.9 Å². The number of ether oxygens (including phenoxy) is 3. The maximum Gasteiger partial charge on any atom is 0.333 e. The van der Waals surface area contributed by atoms with Crippen molar-refractivity contribution in [1.29, 1.82) is 0 Å². The summed E-state index contributed by atoms with van der Waals surface area (Å²) < 4.78 is 15.8. The molecule has 0 spiro atoms. The number of alkyl halides is 4. The normalized spacial score (nSPS) is 19.5. The van der Waals surface area contributed by atoms with E-state index < -0.39 is 41.9 Å². The van der Waals surface area contributed by atoms with Gasteiger partial charge in [-0.1, -0.05) is 24.3 Å². The molecule has 2 amide bonds. The van der Waals surface area contributed by atoms with Crippen molar-refractivity contribution in [3.63, 3.8) is 0 Å². The summed E-state index contributed by atoms with van der Waals surface area (Å²) in [6, 6.07) is 13.9. The molecule has 0 aromatic heterocycles. The van der Waals surface area contributed by atoms with Gasteiger partial charge in [-0.25, -0.2) is 4.79 Å². The first-order chi connectivity index (χ1) is 24.5. The Labute approximate surface area is 318 Å².